The van der Waals surface area contributed by atoms with Gasteiger partial charge in [-0.05, 0) is 43.9 Å². The van der Waals surface area contributed by atoms with Crippen LogP contribution in [0.2, 0.25) is 0 Å². The number of nitrogens with one attached hydrogen (secondary N) is 1. The van der Waals surface area contributed by atoms with Crippen molar-refractivity contribution in [2.24, 2.45) is 11.8 Å². The van der Waals surface area contributed by atoms with Crippen molar-refractivity contribution < 1.29 is 9.84 Å². The summed E-state index contributed by atoms with van der Waals surface area (Å²) in [6, 6.07) is 0.609. The first kappa shape index (κ1) is 15.3. The van der Waals surface area contributed by atoms with Gasteiger partial charge in [-0.25, -0.2) is 0 Å². The van der Waals surface area contributed by atoms with E-state index in [1.807, 2.05) is 0 Å². The van der Waals surface area contributed by atoms with Gasteiger partial charge in [0, 0.05) is 12.6 Å². The van der Waals surface area contributed by atoms with Crippen LogP contribution in [0.15, 0.2) is 0 Å². The normalized spacial score (nSPS) is 37.4. The highest BCUT2D eigenvalue weighted by Gasteiger charge is 2.24. The smallest absolute Gasteiger partial charge is 0.0897 e. The molecule has 0 aromatic rings. The number of aliphatic hydroxyl groups is 1. The number of rotatable bonds is 6. The molecule has 0 saturated heterocycles. The average Bonchev–Trinajstić information content (AvgIpc) is 2.81. The topological polar surface area (TPSA) is 41.5 Å². The largest absolute Gasteiger partial charge is 0.389 e. The summed E-state index contributed by atoms with van der Waals surface area (Å²) < 4.78 is 5.90. The van der Waals surface area contributed by atoms with Gasteiger partial charge < -0.3 is 15.2 Å². The molecule has 0 spiro atoms. The fourth-order valence-corrected chi connectivity index (χ4v) is 3.52. The maximum Gasteiger partial charge on any atom is 0.0897 e. The van der Waals surface area contributed by atoms with Gasteiger partial charge in [0.2, 0.25) is 0 Å². The monoisotopic (exact) mass is 269 g/mol. The summed E-state index contributed by atoms with van der Waals surface area (Å²) in [5, 5.41) is 13.5. The Kier molecular flexibility index (Phi) is 6.11. The maximum absolute atomic E-state index is 10.0. The molecule has 2 N–H and O–H groups in total. The lowest BCUT2D eigenvalue weighted by atomic mass is 9.88. The standard InChI is InChI=1S/C16H31NO2/c1-12-7-8-14(9-12)17-10-15(18)11-19-16-6-4-3-5-13(16)2/h12-18H,3-11H2,1-2H3. The molecule has 0 amide bonds. The fraction of sp³-hybridized carbons (Fsp3) is 1.00. The lowest BCUT2D eigenvalue weighted by Crippen LogP contribution is -2.38. The van der Waals surface area contributed by atoms with Gasteiger partial charge in [0.1, 0.15) is 0 Å². The van der Waals surface area contributed by atoms with Gasteiger partial charge in [-0.2, -0.15) is 0 Å². The Labute approximate surface area is 118 Å². The minimum Gasteiger partial charge on any atom is -0.389 e. The Morgan fingerprint density at radius 1 is 1.16 bits per heavy atom. The molecular formula is C16H31NO2. The van der Waals surface area contributed by atoms with Crippen LogP contribution in [-0.2, 0) is 4.74 Å². The Hall–Kier alpha value is -0.120. The van der Waals surface area contributed by atoms with E-state index in [4.69, 9.17) is 4.74 Å². The van der Waals surface area contributed by atoms with Gasteiger partial charge >= 0.3 is 0 Å². The van der Waals surface area contributed by atoms with Crippen LogP contribution in [0.1, 0.15) is 58.8 Å². The highest BCUT2D eigenvalue weighted by Crippen LogP contribution is 2.26. The average molecular weight is 269 g/mol. The van der Waals surface area contributed by atoms with Crippen molar-refractivity contribution in [3.63, 3.8) is 0 Å². The maximum atomic E-state index is 10.0. The zero-order valence-electron chi connectivity index (χ0n) is 12.6. The molecule has 2 aliphatic carbocycles. The van der Waals surface area contributed by atoms with E-state index in [0.29, 0.717) is 31.2 Å². The van der Waals surface area contributed by atoms with E-state index in [9.17, 15) is 5.11 Å². The van der Waals surface area contributed by atoms with Gasteiger partial charge in [-0.3, -0.25) is 0 Å². The van der Waals surface area contributed by atoms with Crippen LogP contribution in [0.25, 0.3) is 0 Å². The van der Waals surface area contributed by atoms with E-state index < -0.39 is 0 Å². The highest BCUT2D eigenvalue weighted by molar-refractivity contribution is 4.79. The molecule has 2 saturated carbocycles. The molecular weight excluding hydrogens is 238 g/mol. The predicted octanol–water partition coefficient (Wildman–Crippen LogP) is 2.72. The second-order valence-corrected chi connectivity index (χ2v) is 6.81. The van der Waals surface area contributed by atoms with Crippen LogP contribution in [-0.4, -0.2) is 36.5 Å². The van der Waals surface area contributed by atoms with Gasteiger partial charge in [0.05, 0.1) is 18.8 Å². The quantitative estimate of drug-likeness (QED) is 0.779. The van der Waals surface area contributed by atoms with Crippen LogP contribution in [0.4, 0.5) is 0 Å². The summed E-state index contributed by atoms with van der Waals surface area (Å²) in [6.07, 6.45) is 8.92. The van der Waals surface area contributed by atoms with E-state index in [1.54, 1.807) is 0 Å². The molecule has 3 heteroatoms. The second-order valence-electron chi connectivity index (χ2n) is 6.81. The summed E-state index contributed by atoms with van der Waals surface area (Å²) >= 11 is 0. The molecule has 2 aliphatic rings. The number of ether oxygens (including phenoxy) is 1. The van der Waals surface area contributed by atoms with Crippen LogP contribution in [0, 0.1) is 11.8 Å². The number of hydrogen-bond acceptors (Lipinski definition) is 3. The van der Waals surface area contributed by atoms with Crippen LogP contribution in [0.5, 0.6) is 0 Å². The number of aliphatic hydroxyl groups excluding tert-OH is 1. The molecule has 0 bridgehead atoms. The molecule has 0 aromatic heterocycles. The molecule has 5 unspecified atom stereocenters. The highest BCUT2D eigenvalue weighted by atomic mass is 16.5. The van der Waals surface area contributed by atoms with E-state index >= 15 is 0 Å². The molecule has 19 heavy (non-hydrogen) atoms. The Morgan fingerprint density at radius 3 is 2.63 bits per heavy atom. The van der Waals surface area contributed by atoms with E-state index in [2.05, 4.69) is 19.2 Å². The summed E-state index contributed by atoms with van der Waals surface area (Å²) in [5.74, 6) is 1.50. The Balaban J connectivity index is 1.57. The fourth-order valence-electron chi connectivity index (χ4n) is 3.52. The zero-order chi connectivity index (χ0) is 13.7. The molecule has 2 rings (SSSR count). The molecule has 2 fully saturated rings. The lowest BCUT2D eigenvalue weighted by Gasteiger charge is -2.29. The van der Waals surface area contributed by atoms with Crippen molar-refractivity contribution in [1.82, 2.24) is 5.32 Å². The third-order valence-electron chi connectivity index (χ3n) is 4.87. The Bertz CT molecular complexity index is 259. The van der Waals surface area contributed by atoms with Crippen molar-refractivity contribution in [3.05, 3.63) is 0 Å². The molecule has 112 valence electrons. The van der Waals surface area contributed by atoms with Crippen LogP contribution >= 0.6 is 0 Å². The van der Waals surface area contributed by atoms with Crippen molar-refractivity contribution in [3.8, 4) is 0 Å². The van der Waals surface area contributed by atoms with Crippen LogP contribution < -0.4 is 5.32 Å². The van der Waals surface area contributed by atoms with Gasteiger partial charge in [0.15, 0.2) is 0 Å². The van der Waals surface area contributed by atoms with Crippen LogP contribution in [0.3, 0.4) is 0 Å². The van der Waals surface area contributed by atoms with Gasteiger partial charge in [0.25, 0.3) is 0 Å². The van der Waals surface area contributed by atoms with Gasteiger partial charge in [-0.15, -0.1) is 0 Å². The SMILES string of the molecule is CC1CCC(NCC(O)COC2CCCCC2C)C1. The van der Waals surface area contributed by atoms with E-state index in [1.165, 1.54) is 44.9 Å². The first-order chi connectivity index (χ1) is 9.15. The zero-order valence-corrected chi connectivity index (χ0v) is 12.6. The molecule has 0 aliphatic heterocycles. The third kappa shape index (κ3) is 5.05. The minimum atomic E-state index is -0.356. The second kappa shape index (κ2) is 7.61. The van der Waals surface area contributed by atoms with Crippen molar-refractivity contribution in [2.75, 3.05) is 13.2 Å². The summed E-state index contributed by atoms with van der Waals surface area (Å²) in [7, 11) is 0. The van der Waals surface area contributed by atoms with Crippen molar-refractivity contribution in [2.45, 2.75) is 77.0 Å². The lowest BCUT2D eigenvalue weighted by molar-refractivity contribution is -0.0456. The first-order valence-corrected chi connectivity index (χ1v) is 8.18. The molecule has 3 nitrogen and oxygen atoms in total. The molecule has 0 aromatic carbocycles. The molecule has 0 heterocycles. The molecule has 5 atom stereocenters. The summed E-state index contributed by atoms with van der Waals surface area (Å²) in [4.78, 5) is 0. The number of hydrogen-bond donors (Lipinski definition) is 2. The summed E-state index contributed by atoms with van der Waals surface area (Å²) in [5.41, 5.74) is 0. The predicted molar refractivity (Wildman–Crippen MR) is 78.2 cm³/mol. The minimum absolute atomic E-state index is 0.356. The van der Waals surface area contributed by atoms with Crippen molar-refractivity contribution in [1.29, 1.82) is 0 Å². The summed E-state index contributed by atoms with van der Waals surface area (Å²) in [6.45, 7) is 5.75. The Morgan fingerprint density at radius 2 is 1.95 bits per heavy atom. The van der Waals surface area contributed by atoms with Crippen molar-refractivity contribution >= 4 is 0 Å². The van der Waals surface area contributed by atoms with E-state index in [-0.39, 0.29) is 6.10 Å². The third-order valence-corrected chi connectivity index (χ3v) is 4.87. The molecule has 0 radical (unpaired) electrons. The first-order valence-electron chi connectivity index (χ1n) is 8.18. The van der Waals surface area contributed by atoms with E-state index in [0.717, 1.165) is 5.92 Å². The van der Waals surface area contributed by atoms with Gasteiger partial charge in [-0.1, -0.05) is 26.7 Å².